The van der Waals surface area contributed by atoms with Gasteiger partial charge in [-0.1, -0.05) is 25.5 Å². The van der Waals surface area contributed by atoms with Gasteiger partial charge in [0.05, 0.1) is 30.4 Å². The van der Waals surface area contributed by atoms with Gasteiger partial charge in [0.1, 0.15) is 11.9 Å². The largest absolute Gasteiger partial charge is 0.488 e. The molecule has 0 aliphatic carbocycles. The van der Waals surface area contributed by atoms with Gasteiger partial charge in [-0.3, -0.25) is 14.4 Å². The van der Waals surface area contributed by atoms with E-state index in [1.54, 1.807) is 29.2 Å². The van der Waals surface area contributed by atoms with Crippen molar-refractivity contribution < 1.29 is 24.2 Å². The van der Waals surface area contributed by atoms with Crippen molar-refractivity contribution in [1.82, 2.24) is 9.80 Å². The maximum atomic E-state index is 13.3. The summed E-state index contributed by atoms with van der Waals surface area (Å²) in [5.41, 5.74) is 8.30. The molecular formula is C31H45N5O5. The average molecular weight is 568 g/mol. The number of nitrogens with two attached hydrogens (primary N) is 1. The van der Waals surface area contributed by atoms with E-state index < -0.39 is 0 Å². The van der Waals surface area contributed by atoms with E-state index in [9.17, 15) is 19.5 Å². The number of hydrogen-bond donors (Lipinski definition) is 4. The highest BCUT2D eigenvalue weighted by atomic mass is 16.5. The van der Waals surface area contributed by atoms with Gasteiger partial charge in [0.15, 0.2) is 0 Å². The second-order valence-electron chi connectivity index (χ2n) is 11.2. The van der Waals surface area contributed by atoms with Crippen LogP contribution >= 0.6 is 0 Å². The highest BCUT2D eigenvalue weighted by molar-refractivity contribution is 5.93. The zero-order chi connectivity index (χ0) is 29.9. The normalized spacial score (nSPS) is 18.0. The predicted octanol–water partition coefficient (Wildman–Crippen LogP) is 3.51. The van der Waals surface area contributed by atoms with Crippen LogP contribution in [-0.2, 0) is 20.8 Å². The lowest BCUT2D eigenvalue weighted by atomic mass is 10.0. The van der Waals surface area contributed by atoms with E-state index in [0.29, 0.717) is 67.1 Å². The number of aliphatic hydroxyl groups is 1. The molecule has 1 aliphatic rings. The molecule has 10 heteroatoms. The number of nitrogens with one attached hydrogen (secondary N) is 2. The van der Waals surface area contributed by atoms with Crippen LogP contribution in [0.3, 0.4) is 0 Å². The number of fused-ring (bicyclic) bond motifs is 1. The molecule has 1 aliphatic heterocycles. The Bertz CT molecular complexity index is 1190. The highest BCUT2D eigenvalue weighted by Crippen LogP contribution is 2.29. The number of ether oxygens (including phenoxy) is 1. The lowest BCUT2D eigenvalue weighted by Gasteiger charge is -2.33. The van der Waals surface area contributed by atoms with Crippen LogP contribution in [0.4, 0.5) is 17.1 Å². The maximum absolute atomic E-state index is 13.3. The van der Waals surface area contributed by atoms with Crippen LogP contribution in [0.1, 0.15) is 51.5 Å². The number of aliphatic hydroxyl groups excluding tert-OH is 1. The summed E-state index contributed by atoms with van der Waals surface area (Å²) >= 11 is 0. The fourth-order valence-electron chi connectivity index (χ4n) is 4.88. The second kappa shape index (κ2) is 15.4. The van der Waals surface area contributed by atoms with Crippen molar-refractivity contribution in [2.45, 2.75) is 64.5 Å². The second-order valence-corrected chi connectivity index (χ2v) is 11.2. The first-order chi connectivity index (χ1) is 19.6. The molecule has 3 atom stereocenters. The van der Waals surface area contributed by atoms with Gasteiger partial charge in [-0.25, -0.2) is 0 Å². The van der Waals surface area contributed by atoms with Crippen LogP contribution in [0.15, 0.2) is 42.5 Å². The van der Waals surface area contributed by atoms with Crippen LogP contribution in [0, 0.1) is 5.92 Å². The van der Waals surface area contributed by atoms with E-state index >= 15 is 0 Å². The number of nitrogens with zero attached hydrogens (tertiary/aromatic N) is 2. The molecule has 0 spiro atoms. The molecule has 0 bridgehead atoms. The van der Waals surface area contributed by atoms with E-state index in [4.69, 9.17) is 10.5 Å². The zero-order valence-corrected chi connectivity index (χ0v) is 24.7. The summed E-state index contributed by atoms with van der Waals surface area (Å²) < 4.78 is 6.43. The van der Waals surface area contributed by atoms with Gasteiger partial charge in [0.2, 0.25) is 17.7 Å². The van der Waals surface area contributed by atoms with Gasteiger partial charge in [-0.05, 0) is 64.2 Å². The fraction of sp³-hybridized carbons (Fsp3) is 0.516. The summed E-state index contributed by atoms with van der Waals surface area (Å²) in [7, 11) is 3.97. The zero-order valence-electron chi connectivity index (χ0n) is 24.7. The van der Waals surface area contributed by atoms with E-state index in [-0.39, 0.29) is 48.8 Å². The molecular weight excluding hydrogens is 522 g/mol. The van der Waals surface area contributed by atoms with E-state index in [2.05, 4.69) is 22.5 Å². The van der Waals surface area contributed by atoms with Crippen LogP contribution in [0.25, 0.3) is 0 Å². The molecule has 2 aromatic carbocycles. The summed E-state index contributed by atoms with van der Waals surface area (Å²) in [6, 6.07) is 12.2. The summed E-state index contributed by atoms with van der Waals surface area (Å²) in [6.45, 7) is 4.94. The topological polar surface area (TPSA) is 137 Å². The molecule has 0 radical (unpaired) electrons. The van der Waals surface area contributed by atoms with Crippen LogP contribution < -0.4 is 21.1 Å². The van der Waals surface area contributed by atoms with Gasteiger partial charge < -0.3 is 36.0 Å². The summed E-state index contributed by atoms with van der Waals surface area (Å²) in [5.74, 6) is 0.356. The Hall–Kier alpha value is -3.63. The number of likely N-dealkylation sites (N-methyl/N-ethyl adjacent to an activating group) is 1. The van der Waals surface area contributed by atoms with Crippen molar-refractivity contribution in [1.29, 1.82) is 0 Å². The molecule has 0 unspecified atom stereocenters. The van der Waals surface area contributed by atoms with Crippen LogP contribution in [0.2, 0.25) is 0 Å². The third-order valence-electron chi connectivity index (χ3n) is 7.29. The molecule has 0 fully saturated rings. The lowest BCUT2D eigenvalue weighted by Crippen LogP contribution is -2.47. The Morgan fingerprint density at radius 3 is 2.44 bits per heavy atom. The molecule has 1 heterocycles. The van der Waals surface area contributed by atoms with Gasteiger partial charge in [0, 0.05) is 43.1 Å². The van der Waals surface area contributed by atoms with Crippen LogP contribution in [0.5, 0.6) is 5.75 Å². The predicted molar refractivity (Wildman–Crippen MR) is 162 cm³/mol. The van der Waals surface area contributed by atoms with Crippen molar-refractivity contribution in [3.05, 3.63) is 48.0 Å². The number of carbonyl (C=O) groups is 3. The number of unbranched alkanes of at least 4 members (excludes halogenated alkanes) is 2. The average Bonchev–Trinajstić information content (AvgIpc) is 2.96. The summed E-state index contributed by atoms with van der Waals surface area (Å²) in [5, 5.41) is 15.5. The van der Waals surface area contributed by atoms with E-state index in [0.717, 1.165) is 6.42 Å². The number of amides is 3. The van der Waals surface area contributed by atoms with Gasteiger partial charge in [-0.2, -0.15) is 0 Å². The maximum Gasteiger partial charge on any atom is 0.227 e. The van der Waals surface area contributed by atoms with E-state index in [1.165, 1.54) is 0 Å². The SMILES string of the molecule is C[C@@H]1CN([C@@H](C)CO)C(=O)Cc2cc(NC(=O)CCCCCC(=O)Nc3ccccc3N)ccc2O[C@H]1CN(C)C. The quantitative estimate of drug-likeness (QED) is 0.228. The lowest BCUT2D eigenvalue weighted by molar-refractivity contribution is -0.134. The van der Waals surface area contributed by atoms with Gasteiger partial charge in [0.25, 0.3) is 0 Å². The summed E-state index contributed by atoms with van der Waals surface area (Å²) in [6.07, 6.45) is 2.69. The number of rotatable bonds is 12. The summed E-state index contributed by atoms with van der Waals surface area (Å²) in [4.78, 5) is 41.9. The van der Waals surface area contributed by atoms with Crippen LogP contribution in [-0.4, -0.2) is 78.6 Å². The van der Waals surface area contributed by atoms with Gasteiger partial charge >= 0.3 is 0 Å². The fourth-order valence-corrected chi connectivity index (χ4v) is 4.88. The first-order valence-electron chi connectivity index (χ1n) is 14.4. The Morgan fingerprint density at radius 1 is 1.10 bits per heavy atom. The molecule has 0 saturated heterocycles. The number of benzene rings is 2. The molecule has 2 aromatic rings. The highest BCUT2D eigenvalue weighted by Gasteiger charge is 2.30. The standard InChI is InChI=1S/C31H45N5O5/c1-21-18-36(22(2)20-37)31(40)17-23-16-24(14-15-27(23)41-28(21)19-35(3)4)33-29(38)12-6-5-7-13-30(39)34-26-11-9-8-10-25(26)32/h8-11,14-16,21-22,28,37H,5-7,12-13,17-20,32H2,1-4H3,(H,33,38)(H,34,39)/t21-,22+,28+/m1/s1. The Labute approximate surface area is 243 Å². The van der Waals surface area contributed by atoms with Crippen molar-refractivity contribution in [2.75, 3.05) is 50.2 Å². The number of hydrogen-bond acceptors (Lipinski definition) is 7. The molecule has 5 N–H and O–H groups in total. The third-order valence-corrected chi connectivity index (χ3v) is 7.29. The molecule has 0 saturated carbocycles. The van der Waals surface area contributed by atoms with Crippen molar-refractivity contribution in [3.8, 4) is 5.75 Å². The number of anilines is 3. The minimum atomic E-state index is -0.308. The third kappa shape index (κ3) is 9.75. The van der Waals surface area contributed by atoms with Gasteiger partial charge in [-0.15, -0.1) is 0 Å². The van der Waals surface area contributed by atoms with E-state index in [1.807, 2.05) is 39.2 Å². The molecule has 41 heavy (non-hydrogen) atoms. The number of para-hydroxylation sites is 2. The number of carbonyl (C=O) groups excluding carboxylic acids is 3. The Balaban J connectivity index is 1.56. The minimum Gasteiger partial charge on any atom is -0.488 e. The number of nitrogen functional groups attached to an aromatic ring is 1. The van der Waals surface area contributed by atoms with Crippen molar-refractivity contribution >= 4 is 34.8 Å². The molecule has 3 rings (SSSR count). The smallest absolute Gasteiger partial charge is 0.227 e. The van der Waals surface area contributed by atoms with Crippen molar-refractivity contribution in [2.24, 2.45) is 5.92 Å². The van der Waals surface area contributed by atoms with Crippen molar-refractivity contribution in [3.63, 3.8) is 0 Å². The Kier molecular flexibility index (Phi) is 12.0. The molecule has 3 amide bonds. The minimum absolute atomic E-state index is 0.0447. The monoisotopic (exact) mass is 567 g/mol. The molecule has 0 aromatic heterocycles. The molecule has 224 valence electrons. The Morgan fingerprint density at radius 2 is 1.78 bits per heavy atom. The first-order valence-corrected chi connectivity index (χ1v) is 14.4. The first kappa shape index (κ1) is 31.9. The molecule has 10 nitrogen and oxygen atoms in total.